The third-order valence-corrected chi connectivity index (χ3v) is 2.12. The molecule has 0 saturated heterocycles. The first-order valence-corrected chi connectivity index (χ1v) is 4.45. The van der Waals surface area contributed by atoms with Crippen LogP contribution in [0.25, 0.3) is 0 Å². The Labute approximate surface area is 86.1 Å². The molecule has 1 aliphatic rings. The number of hydrogen-bond acceptors (Lipinski definition) is 6. The molecule has 0 spiro atoms. The summed E-state index contributed by atoms with van der Waals surface area (Å²) >= 11 is 0. The second-order valence-electron chi connectivity index (χ2n) is 3.33. The van der Waals surface area contributed by atoms with E-state index in [1.165, 1.54) is 6.92 Å². The quantitative estimate of drug-likeness (QED) is 0.445. The molecule has 2 N–H and O–H groups in total. The zero-order valence-electron chi connectivity index (χ0n) is 8.47. The molecule has 7 heteroatoms. The van der Waals surface area contributed by atoms with Crippen molar-refractivity contribution in [3.8, 4) is 0 Å². The molecule has 0 saturated carbocycles. The monoisotopic (exact) mass is 219 g/mol. The van der Waals surface area contributed by atoms with Crippen molar-refractivity contribution >= 4 is 11.7 Å². The zero-order chi connectivity index (χ0) is 11.6. The highest BCUT2D eigenvalue weighted by molar-refractivity contribution is 6.36. The molecule has 15 heavy (non-hydrogen) atoms. The predicted octanol–water partition coefficient (Wildman–Crippen LogP) is -1.44. The minimum atomic E-state index is -1.50. The maximum Gasteiger partial charge on any atom is 0.408 e. The number of carbonyl (C=O) groups is 1. The third-order valence-electron chi connectivity index (χ3n) is 2.12. The van der Waals surface area contributed by atoms with Gasteiger partial charge < -0.3 is 19.8 Å². The van der Waals surface area contributed by atoms with Crippen LogP contribution in [-0.2, 0) is 14.4 Å². The smallest absolute Gasteiger partial charge is 0.408 e. The second-order valence-corrected chi connectivity index (χ2v) is 3.33. The Morgan fingerprint density at radius 2 is 2.40 bits per heavy atom. The standard InChI is InChI=1S/C8H13NO6/c1-3-14-7(12)5-6(11)8(2,4-10)15-9(5)13/h6,10-11H,3-4H2,1-2H3/t6-,8+/m1/s1. The lowest BCUT2D eigenvalue weighted by Gasteiger charge is -2.24. The number of ether oxygens (including phenoxy) is 1. The van der Waals surface area contributed by atoms with Crippen molar-refractivity contribution in [1.82, 2.24) is 0 Å². The largest absolute Gasteiger partial charge is 0.458 e. The van der Waals surface area contributed by atoms with E-state index in [1.807, 2.05) is 0 Å². The van der Waals surface area contributed by atoms with E-state index in [9.17, 15) is 15.1 Å². The van der Waals surface area contributed by atoms with E-state index in [4.69, 9.17) is 5.11 Å². The number of aliphatic hydroxyl groups is 2. The maximum atomic E-state index is 11.2. The van der Waals surface area contributed by atoms with E-state index in [0.717, 1.165) is 0 Å². The Kier molecular flexibility index (Phi) is 3.15. The molecule has 0 aromatic heterocycles. The Bertz CT molecular complexity index is 302. The lowest BCUT2D eigenvalue weighted by atomic mass is 9.97. The number of nitrogens with zero attached hydrogens (tertiary/aromatic N) is 1. The molecule has 86 valence electrons. The van der Waals surface area contributed by atoms with Crippen molar-refractivity contribution in [3.05, 3.63) is 5.21 Å². The number of carbonyl (C=O) groups excluding carboxylic acids is 1. The first kappa shape index (κ1) is 11.7. The zero-order valence-corrected chi connectivity index (χ0v) is 8.47. The fourth-order valence-electron chi connectivity index (χ4n) is 1.18. The van der Waals surface area contributed by atoms with Crippen LogP contribution in [0, 0.1) is 5.21 Å². The van der Waals surface area contributed by atoms with Crippen molar-refractivity contribution < 1.29 is 29.5 Å². The summed E-state index contributed by atoms with van der Waals surface area (Å²) < 4.78 is 4.57. The van der Waals surface area contributed by atoms with Gasteiger partial charge in [-0.25, -0.2) is 4.79 Å². The summed E-state index contributed by atoms with van der Waals surface area (Å²) in [5, 5.41) is 29.7. The van der Waals surface area contributed by atoms with Gasteiger partial charge in [0.05, 0.1) is 18.1 Å². The van der Waals surface area contributed by atoms with Crippen LogP contribution in [0.1, 0.15) is 13.8 Å². The summed E-state index contributed by atoms with van der Waals surface area (Å²) in [5.41, 5.74) is -2.04. The molecule has 0 amide bonds. The van der Waals surface area contributed by atoms with Crippen molar-refractivity contribution in [2.24, 2.45) is 0 Å². The lowest BCUT2D eigenvalue weighted by molar-refractivity contribution is -0.752. The summed E-state index contributed by atoms with van der Waals surface area (Å²) in [4.78, 5) is 15.8. The summed E-state index contributed by atoms with van der Waals surface area (Å²) in [6.45, 7) is 2.38. The lowest BCUT2D eigenvalue weighted by Crippen LogP contribution is -2.46. The van der Waals surface area contributed by atoms with E-state index in [-0.39, 0.29) is 11.5 Å². The molecule has 0 aromatic rings. The van der Waals surface area contributed by atoms with Crippen LogP contribution in [0.3, 0.4) is 0 Å². The van der Waals surface area contributed by atoms with Crippen LogP contribution in [-0.4, -0.2) is 51.7 Å². The van der Waals surface area contributed by atoms with Crippen molar-refractivity contribution in [2.75, 3.05) is 13.2 Å². The van der Waals surface area contributed by atoms with E-state index in [0.29, 0.717) is 0 Å². The molecule has 0 aromatic carbocycles. The highest BCUT2D eigenvalue weighted by atomic mass is 16.9. The van der Waals surface area contributed by atoms with Crippen molar-refractivity contribution in [2.45, 2.75) is 25.6 Å². The number of hydrogen-bond donors (Lipinski definition) is 2. The van der Waals surface area contributed by atoms with Crippen LogP contribution in [0.5, 0.6) is 0 Å². The van der Waals surface area contributed by atoms with Crippen molar-refractivity contribution in [3.63, 3.8) is 0 Å². The highest BCUT2D eigenvalue weighted by Gasteiger charge is 2.52. The predicted molar refractivity (Wildman–Crippen MR) is 47.9 cm³/mol. The molecule has 0 aliphatic carbocycles. The van der Waals surface area contributed by atoms with Gasteiger partial charge in [-0.3, -0.25) is 5.21 Å². The van der Waals surface area contributed by atoms with Gasteiger partial charge in [0.2, 0.25) is 0 Å². The van der Waals surface area contributed by atoms with Gasteiger partial charge in [-0.15, -0.1) is 0 Å². The Balaban J connectivity index is 2.90. The molecule has 7 nitrogen and oxygen atoms in total. The first-order valence-electron chi connectivity index (χ1n) is 4.45. The fraction of sp³-hybridized carbons (Fsp3) is 0.750. The fourth-order valence-corrected chi connectivity index (χ4v) is 1.18. The van der Waals surface area contributed by atoms with Gasteiger partial charge in [-0.2, -0.15) is 0 Å². The van der Waals surface area contributed by atoms with Gasteiger partial charge in [0.1, 0.15) is 5.60 Å². The number of esters is 1. The SMILES string of the molecule is CCOC(=O)C1=[N+]([O-])O[C@@](C)(CO)[C@@H]1O. The van der Waals surface area contributed by atoms with Gasteiger partial charge in [0.15, 0.2) is 6.10 Å². The van der Waals surface area contributed by atoms with Crippen LogP contribution < -0.4 is 0 Å². The third kappa shape index (κ3) is 1.88. The van der Waals surface area contributed by atoms with Gasteiger partial charge in [0.25, 0.3) is 0 Å². The molecule has 0 fully saturated rings. The molecule has 0 bridgehead atoms. The molecular weight excluding hydrogens is 206 g/mol. The molecule has 0 unspecified atom stereocenters. The summed E-state index contributed by atoms with van der Waals surface area (Å²) in [6, 6.07) is 0. The molecule has 1 aliphatic heterocycles. The van der Waals surface area contributed by atoms with E-state index < -0.39 is 30.0 Å². The summed E-state index contributed by atoms with van der Waals surface area (Å²) in [5.74, 6) is -0.947. The second kappa shape index (κ2) is 4.03. The summed E-state index contributed by atoms with van der Waals surface area (Å²) in [7, 11) is 0. The van der Waals surface area contributed by atoms with E-state index in [1.54, 1.807) is 6.92 Å². The molecule has 0 radical (unpaired) electrons. The van der Waals surface area contributed by atoms with Crippen LogP contribution in [0.4, 0.5) is 0 Å². The van der Waals surface area contributed by atoms with E-state index >= 15 is 0 Å². The highest BCUT2D eigenvalue weighted by Crippen LogP contribution is 2.23. The molecule has 1 rings (SSSR count). The Morgan fingerprint density at radius 3 is 2.80 bits per heavy atom. The molecule has 2 atom stereocenters. The maximum absolute atomic E-state index is 11.2. The van der Waals surface area contributed by atoms with Crippen molar-refractivity contribution in [1.29, 1.82) is 0 Å². The Hall–Kier alpha value is -1.34. The first-order chi connectivity index (χ1) is 6.96. The van der Waals surface area contributed by atoms with Crippen LogP contribution in [0.15, 0.2) is 0 Å². The van der Waals surface area contributed by atoms with E-state index in [2.05, 4.69) is 9.57 Å². The Morgan fingerprint density at radius 1 is 1.80 bits per heavy atom. The molecule has 1 heterocycles. The minimum absolute atomic E-state index is 0.0821. The number of aliphatic hydroxyl groups excluding tert-OH is 2. The van der Waals surface area contributed by atoms with Gasteiger partial charge in [-0.05, 0) is 13.8 Å². The van der Waals surface area contributed by atoms with Crippen LogP contribution >= 0.6 is 0 Å². The topological polar surface area (TPSA) is 102 Å². The average molecular weight is 219 g/mol. The number of rotatable bonds is 3. The van der Waals surface area contributed by atoms with Gasteiger partial charge >= 0.3 is 11.7 Å². The molecular formula is C8H13NO6. The van der Waals surface area contributed by atoms with Gasteiger partial charge in [0, 0.05) is 0 Å². The summed E-state index contributed by atoms with van der Waals surface area (Å²) in [6.07, 6.45) is -1.50. The van der Waals surface area contributed by atoms with Crippen LogP contribution in [0.2, 0.25) is 0 Å². The van der Waals surface area contributed by atoms with Gasteiger partial charge in [-0.1, -0.05) is 0 Å². The minimum Gasteiger partial charge on any atom is -0.458 e. The normalized spacial score (nSPS) is 30.3. The average Bonchev–Trinajstić information content (AvgIpc) is 2.39.